The van der Waals surface area contributed by atoms with E-state index in [0.29, 0.717) is 23.9 Å². The zero-order chi connectivity index (χ0) is 13.6. The molecule has 112 valence electrons. The van der Waals surface area contributed by atoms with E-state index in [1.54, 1.807) is 0 Å². The fraction of sp³-hybridized carbons (Fsp3) is 0.846. The number of ether oxygens (including phenoxy) is 1. The molecule has 0 bridgehead atoms. The second-order valence-corrected chi connectivity index (χ2v) is 7.51. The molecular weight excluding hydrogens is 294 g/mol. The van der Waals surface area contributed by atoms with Gasteiger partial charge in [-0.2, -0.15) is 16.7 Å². The van der Waals surface area contributed by atoms with Crippen LogP contribution in [-0.4, -0.2) is 53.2 Å². The second kappa shape index (κ2) is 7.68. The second-order valence-electron chi connectivity index (χ2n) is 5.05. The summed E-state index contributed by atoms with van der Waals surface area (Å²) in [5.74, 6) is 5.08. The van der Waals surface area contributed by atoms with E-state index in [4.69, 9.17) is 9.26 Å². The maximum atomic E-state index is 5.86. The molecule has 3 rings (SSSR count). The van der Waals surface area contributed by atoms with E-state index in [-0.39, 0.29) is 0 Å². The number of rotatable bonds is 5. The van der Waals surface area contributed by atoms with Crippen molar-refractivity contribution in [1.82, 2.24) is 15.5 Å². The van der Waals surface area contributed by atoms with Crippen LogP contribution in [0.3, 0.4) is 0 Å². The van der Waals surface area contributed by atoms with Gasteiger partial charge in [-0.1, -0.05) is 5.16 Å². The Morgan fingerprint density at radius 2 is 2.20 bits per heavy atom. The van der Waals surface area contributed by atoms with E-state index >= 15 is 0 Å². The van der Waals surface area contributed by atoms with Crippen molar-refractivity contribution in [1.29, 1.82) is 0 Å². The molecule has 0 radical (unpaired) electrons. The number of thioether (sulfide) groups is 2. The molecule has 2 aliphatic heterocycles. The predicted octanol–water partition coefficient (Wildman–Crippen LogP) is 1.90. The maximum absolute atomic E-state index is 5.86. The first-order valence-corrected chi connectivity index (χ1v) is 9.46. The Morgan fingerprint density at radius 3 is 3.00 bits per heavy atom. The van der Waals surface area contributed by atoms with Crippen LogP contribution in [0.2, 0.25) is 0 Å². The van der Waals surface area contributed by atoms with Gasteiger partial charge in [-0.15, -0.1) is 11.8 Å². The summed E-state index contributed by atoms with van der Waals surface area (Å²) in [6.07, 6.45) is 3.32. The van der Waals surface area contributed by atoms with Crippen LogP contribution in [0.5, 0.6) is 0 Å². The number of hydrogen-bond acceptors (Lipinski definition) is 7. The molecule has 0 saturated carbocycles. The monoisotopic (exact) mass is 315 g/mol. The molecule has 20 heavy (non-hydrogen) atoms. The maximum Gasteiger partial charge on any atom is 0.229 e. The van der Waals surface area contributed by atoms with Crippen molar-refractivity contribution in [2.45, 2.75) is 30.6 Å². The van der Waals surface area contributed by atoms with Crippen LogP contribution in [0.4, 0.5) is 0 Å². The zero-order valence-corrected chi connectivity index (χ0v) is 13.2. The molecule has 2 saturated heterocycles. The van der Waals surface area contributed by atoms with Gasteiger partial charge in [0.05, 0.1) is 24.4 Å². The van der Waals surface area contributed by atoms with Crippen LogP contribution in [0, 0.1) is 0 Å². The summed E-state index contributed by atoms with van der Waals surface area (Å²) in [6, 6.07) is 0. The summed E-state index contributed by atoms with van der Waals surface area (Å²) in [4.78, 5) is 4.51. The molecule has 1 aromatic heterocycles. The van der Waals surface area contributed by atoms with Crippen molar-refractivity contribution in [2.75, 3.05) is 37.0 Å². The first-order valence-electron chi connectivity index (χ1n) is 7.26. The number of hydrogen-bond donors (Lipinski definition) is 1. The molecule has 0 amide bonds. The SMILES string of the molecule is C1CC(OCCc2nc(C3CSCCS3)no2)CCN1. The number of nitrogens with zero attached hydrogens (tertiary/aromatic N) is 2. The van der Waals surface area contributed by atoms with Crippen molar-refractivity contribution >= 4 is 23.5 Å². The summed E-state index contributed by atoms with van der Waals surface area (Å²) in [6.45, 7) is 2.80. The van der Waals surface area contributed by atoms with Crippen LogP contribution < -0.4 is 5.32 Å². The molecule has 7 heteroatoms. The minimum absolute atomic E-state index is 0.393. The lowest BCUT2D eigenvalue weighted by Gasteiger charge is -2.22. The van der Waals surface area contributed by atoms with Crippen LogP contribution in [0.15, 0.2) is 4.52 Å². The van der Waals surface area contributed by atoms with Gasteiger partial charge in [-0.3, -0.25) is 0 Å². The first kappa shape index (κ1) is 14.7. The molecule has 1 unspecified atom stereocenters. The largest absolute Gasteiger partial charge is 0.378 e. The Hall–Kier alpha value is -0.240. The summed E-state index contributed by atoms with van der Waals surface area (Å²) in [5.41, 5.74) is 0. The van der Waals surface area contributed by atoms with Crippen molar-refractivity contribution in [3.63, 3.8) is 0 Å². The molecule has 1 aromatic rings. The molecule has 5 nitrogen and oxygen atoms in total. The van der Waals surface area contributed by atoms with Gasteiger partial charge < -0.3 is 14.6 Å². The minimum Gasteiger partial charge on any atom is -0.378 e. The third kappa shape index (κ3) is 4.13. The van der Waals surface area contributed by atoms with E-state index in [1.807, 2.05) is 23.5 Å². The van der Waals surface area contributed by atoms with E-state index in [1.165, 1.54) is 11.5 Å². The van der Waals surface area contributed by atoms with Crippen molar-refractivity contribution < 1.29 is 9.26 Å². The minimum atomic E-state index is 0.393. The third-order valence-corrected chi connectivity index (χ3v) is 6.29. The normalized spacial score (nSPS) is 24.9. The van der Waals surface area contributed by atoms with Gasteiger partial charge >= 0.3 is 0 Å². The Labute approximate surface area is 128 Å². The van der Waals surface area contributed by atoms with E-state index in [0.717, 1.165) is 43.9 Å². The quantitative estimate of drug-likeness (QED) is 0.890. The molecule has 0 aliphatic carbocycles. The molecule has 1 N–H and O–H groups in total. The van der Waals surface area contributed by atoms with Gasteiger partial charge in [-0.05, 0) is 25.9 Å². The molecule has 0 spiro atoms. The first-order chi connectivity index (χ1) is 9.92. The van der Waals surface area contributed by atoms with E-state index in [9.17, 15) is 0 Å². The Bertz CT molecular complexity index is 404. The molecule has 3 heterocycles. The highest BCUT2D eigenvalue weighted by molar-refractivity contribution is 8.06. The zero-order valence-electron chi connectivity index (χ0n) is 11.5. The van der Waals surface area contributed by atoms with Crippen molar-refractivity contribution in [2.24, 2.45) is 0 Å². The summed E-state index contributed by atoms with van der Waals surface area (Å²) in [7, 11) is 0. The average molecular weight is 315 g/mol. The molecule has 1 atom stereocenters. The van der Waals surface area contributed by atoms with Crippen LogP contribution in [0.1, 0.15) is 29.8 Å². The van der Waals surface area contributed by atoms with Gasteiger partial charge in [0, 0.05) is 17.3 Å². The van der Waals surface area contributed by atoms with Crippen LogP contribution >= 0.6 is 23.5 Å². The summed E-state index contributed by atoms with van der Waals surface area (Å²) < 4.78 is 11.2. The van der Waals surface area contributed by atoms with Crippen LogP contribution in [-0.2, 0) is 11.2 Å². The van der Waals surface area contributed by atoms with Gasteiger partial charge in [0.2, 0.25) is 5.89 Å². The Balaban J connectivity index is 1.42. The lowest BCUT2D eigenvalue weighted by Crippen LogP contribution is -2.32. The summed E-state index contributed by atoms with van der Waals surface area (Å²) >= 11 is 3.90. The standard InChI is InChI=1S/C13H21N3O2S2/c1-4-14-5-2-10(1)17-6-3-12-15-13(16-18-12)11-9-19-7-8-20-11/h10-11,14H,1-9H2. The molecule has 0 aromatic carbocycles. The van der Waals surface area contributed by atoms with Gasteiger partial charge in [0.1, 0.15) is 0 Å². The van der Waals surface area contributed by atoms with Crippen LogP contribution in [0.25, 0.3) is 0 Å². The highest BCUT2D eigenvalue weighted by atomic mass is 32.2. The topological polar surface area (TPSA) is 60.2 Å². The highest BCUT2D eigenvalue weighted by Crippen LogP contribution is 2.35. The summed E-state index contributed by atoms with van der Waals surface area (Å²) in [5, 5.41) is 7.86. The lowest BCUT2D eigenvalue weighted by molar-refractivity contribution is 0.0322. The van der Waals surface area contributed by atoms with Crippen molar-refractivity contribution in [3.8, 4) is 0 Å². The van der Waals surface area contributed by atoms with Gasteiger partial charge in [0.25, 0.3) is 0 Å². The van der Waals surface area contributed by atoms with Crippen molar-refractivity contribution in [3.05, 3.63) is 11.7 Å². The molecule has 2 fully saturated rings. The average Bonchev–Trinajstić information content (AvgIpc) is 2.98. The van der Waals surface area contributed by atoms with Gasteiger partial charge in [0.15, 0.2) is 5.82 Å². The fourth-order valence-electron chi connectivity index (χ4n) is 2.41. The molecule has 2 aliphatic rings. The lowest BCUT2D eigenvalue weighted by atomic mass is 10.1. The predicted molar refractivity (Wildman–Crippen MR) is 82.4 cm³/mol. The third-order valence-electron chi connectivity index (χ3n) is 3.54. The van der Waals surface area contributed by atoms with Gasteiger partial charge in [-0.25, -0.2) is 0 Å². The van der Waals surface area contributed by atoms with E-state index < -0.39 is 0 Å². The fourth-order valence-corrected chi connectivity index (χ4v) is 5.00. The number of nitrogens with one attached hydrogen (secondary N) is 1. The number of piperidine rings is 1. The highest BCUT2D eigenvalue weighted by Gasteiger charge is 2.22. The smallest absolute Gasteiger partial charge is 0.229 e. The Morgan fingerprint density at radius 1 is 1.30 bits per heavy atom. The molecular formula is C13H21N3O2S2. The number of aromatic nitrogens is 2. The Kier molecular flexibility index (Phi) is 5.64. The van der Waals surface area contributed by atoms with E-state index in [2.05, 4.69) is 15.5 Å².